The van der Waals surface area contributed by atoms with Crippen molar-refractivity contribution < 1.29 is 9.72 Å². The van der Waals surface area contributed by atoms with Crippen molar-refractivity contribution in [1.82, 2.24) is 10.2 Å². The van der Waals surface area contributed by atoms with Gasteiger partial charge in [-0.3, -0.25) is 14.9 Å². The maximum absolute atomic E-state index is 12.5. The van der Waals surface area contributed by atoms with E-state index in [0.29, 0.717) is 25.2 Å². The maximum atomic E-state index is 12.5. The quantitative estimate of drug-likeness (QED) is 0.645. The van der Waals surface area contributed by atoms with Crippen molar-refractivity contribution >= 4 is 11.6 Å². The molecule has 0 saturated carbocycles. The minimum atomic E-state index is -0.494. The molecule has 1 aliphatic heterocycles. The lowest BCUT2D eigenvalue weighted by Crippen LogP contribution is -2.51. The number of nitrogens with one attached hydrogen (secondary N) is 1. The van der Waals surface area contributed by atoms with Crippen LogP contribution in [0, 0.1) is 17.0 Å². The summed E-state index contributed by atoms with van der Waals surface area (Å²) < 4.78 is 0. The molecule has 0 radical (unpaired) electrons. The number of aryl methyl sites for hydroxylation is 1. The Kier molecular flexibility index (Phi) is 3.80. The predicted octanol–water partition coefficient (Wildman–Crippen LogP) is 1.34. The van der Waals surface area contributed by atoms with Gasteiger partial charge in [0.2, 0.25) is 0 Å². The molecule has 1 saturated heterocycles. The van der Waals surface area contributed by atoms with Crippen LogP contribution in [0.1, 0.15) is 22.8 Å². The number of nitro groups is 1. The highest BCUT2D eigenvalue weighted by atomic mass is 16.6. The van der Waals surface area contributed by atoms with Crippen LogP contribution in [-0.4, -0.2) is 41.4 Å². The summed E-state index contributed by atoms with van der Waals surface area (Å²) in [5, 5.41) is 14.3. The lowest BCUT2D eigenvalue weighted by molar-refractivity contribution is -0.385. The molecule has 1 amide bonds. The first-order chi connectivity index (χ1) is 9.00. The molecular weight excluding hydrogens is 246 g/mol. The highest BCUT2D eigenvalue weighted by molar-refractivity contribution is 5.99. The summed E-state index contributed by atoms with van der Waals surface area (Å²) >= 11 is 0. The van der Waals surface area contributed by atoms with Gasteiger partial charge in [0.1, 0.15) is 5.56 Å². The highest BCUT2D eigenvalue weighted by Gasteiger charge is 2.28. The van der Waals surface area contributed by atoms with Crippen LogP contribution < -0.4 is 5.32 Å². The van der Waals surface area contributed by atoms with Crippen molar-refractivity contribution in [3.05, 3.63) is 39.4 Å². The van der Waals surface area contributed by atoms with Crippen molar-refractivity contribution in [3.8, 4) is 0 Å². The third kappa shape index (κ3) is 2.73. The normalized spacial score (nSPS) is 19.3. The molecule has 1 aromatic rings. The van der Waals surface area contributed by atoms with Gasteiger partial charge >= 0.3 is 0 Å². The van der Waals surface area contributed by atoms with Crippen LogP contribution in [0.25, 0.3) is 0 Å². The summed E-state index contributed by atoms with van der Waals surface area (Å²) in [5.74, 6) is -0.252. The Bertz CT molecular complexity index is 516. The summed E-state index contributed by atoms with van der Waals surface area (Å²) in [6.45, 7) is 5.59. The number of hydrogen-bond acceptors (Lipinski definition) is 4. The van der Waals surface area contributed by atoms with E-state index < -0.39 is 4.92 Å². The minimum Gasteiger partial charge on any atom is -0.336 e. The Labute approximate surface area is 111 Å². The number of nitrogens with zero attached hydrogens (tertiary/aromatic N) is 2. The van der Waals surface area contributed by atoms with Gasteiger partial charge in [-0.05, 0) is 19.4 Å². The predicted molar refractivity (Wildman–Crippen MR) is 71.2 cm³/mol. The van der Waals surface area contributed by atoms with E-state index in [4.69, 9.17) is 0 Å². The van der Waals surface area contributed by atoms with Crippen molar-refractivity contribution in [3.63, 3.8) is 0 Å². The van der Waals surface area contributed by atoms with E-state index in [1.807, 2.05) is 6.92 Å². The van der Waals surface area contributed by atoms with Crippen molar-refractivity contribution in [2.24, 2.45) is 0 Å². The Morgan fingerprint density at radius 3 is 2.89 bits per heavy atom. The second-order valence-corrected chi connectivity index (χ2v) is 4.83. The molecular formula is C13H17N3O3. The zero-order chi connectivity index (χ0) is 14.0. The maximum Gasteiger partial charge on any atom is 0.282 e. The largest absolute Gasteiger partial charge is 0.336 e. The molecule has 0 aliphatic carbocycles. The zero-order valence-corrected chi connectivity index (χ0v) is 11.0. The number of hydrogen-bond donors (Lipinski definition) is 1. The number of amides is 1. The fourth-order valence-electron chi connectivity index (χ4n) is 2.36. The van der Waals surface area contributed by atoms with Crippen LogP contribution in [0.2, 0.25) is 0 Å². The molecule has 19 heavy (non-hydrogen) atoms. The lowest BCUT2D eigenvalue weighted by atomic mass is 10.0. The zero-order valence-electron chi connectivity index (χ0n) is 11.0. The number of rotatable bonds is 2. The number of nitro benzene ring substituents is 1. The molecule has 0 spiro atoms. The third-order valence-electron chi connectivity index (χ3n) is 3.32. The van der Waals surface area contributed by atoms with Gasteiger partial charge in [-0.1, -0.05) is 12.1 Å². The molecule has 1 aliphatic rings. The van der Waals surface area contributed by atoms with E-state index in [9.17, 15) is 14.9 Å². The molecule has 102 valence electrons. The molecule has 2 rings (SSSR count). The van der Waals surface area contributed by atoms with E-state index in [2.05, 4.69) is 5.32 Å². The molecule has 1 aromatic carbocycles. The first-order valence-electron chi connectivity index (χ1n) is 6.27. The van der Waals surface area contributed by atoms with Gasteiger partial charge in [0.25, 0.3) is 11.6 Å². The summed E-state index contributed by atoms with van der Waals surface area (Å²) in [6.07, 6.45) is 0. The van der Waals surface area contributed by atoms with Crippen molar-refractivity contribution in [2.75, 3.05) is 19.6 Å². The van der Waals surface area contributed by atoms with Gasteiger partial charge < -0.3 is 10.2 Å². The molecule has 6 heteroatoms. The lowest BCUT2D eigenvalue weighted by Gasteiger charge is -2.32. The molecule has 0 bridgehead atoms. The molecule has 6 nitrogen and oxygen atoms in total. The summed E-state index contributed by atoms with van der Waals surface area (Å²) in [4.78, 5) is 24.7. The monoisotopic (exact) mass is 263 g/mol. The smallest absolute Gasteiger partial charge is 0.282 e. The molecule has 1 atom stereocenters. The average Bonchev–Trinajstić information content (AvgIpc) is 2.37. The minimum absolute atomic E-state index is 0.115. The van der Waals surface area contributed by atoms with Crippen LogP contribution in [0.5, 0.6) is 0 Å². The number of carbonyl (C=O) groups excluding carboxylic acids is 1. The number of piperazine rings is 1. The second-order valence-electron chi connectivity index (χ2n) is 4.83. The van der Waals surface area contributed by atoms with Gasteiger partial charge in [0, 0.05) is 31.7 Å². The van der Waals surface area contributed by atoms with E-state index in [1.165, 1.54) is 6.07 Å². The van der Waals surface area contributed by atoms with Gasteiger partial charge in [-0.25, -0.2) is 0 Å². The van der Waals surface area contributed by atoms with Gasteiger partial charge in [0.05, 0.1) is 4.92 Å². The highest BCUT2D eigenvalue weighted by Crippen LogP contribution is 2.23. The first kappa shape index (κ1) is 13.5. The Balaban J connectivity index is 2.35. The van der Waals surface area contributed by atoms with E-state index >= 15 is 0 Å². The Morgan fingerprint density at radius 1 is 1.53 bits per heavy atom. The van der Waals surface area contributed by atoms with Crippen LogP contribution in [-0.2, 0) is 0 Å². The topological polar surface area (TPSA) is 75.5 Å². The average molecular weight is 263 g/mol. The Hall–Kier alpha value is -1.95. The van der Waals surface area contributed by atoms with E-state index in [-0.39, 0.29) is 23.2 Å². The third-order valence-corrected chi connectivity index (χ3v) is 3.32. The molecule has 0 unspecified atom stereocenters. The number of benzene rings is 1. The van der Waals surface area contributed by atoms with Crippen molar-refractivity contribution in [1.29, 1.82) is 0 Å². The van der Waals surface area contributed by atoms with Gasteiger partial charge in [-0.15, -0.1) is 0 Å². The van der Waals surface area contributed by atoms with Crippen LogP contribution in [0.4, 0.5) is 5.69 Å². The standard InChI is InChI=1S/C13H17N3O3/c1-9-4-3-5-11(16(18)19)12(9)13(17)15-7-6-14-10(2)8-15/h3-5,10,14H,6-8H2,1-2H3/t10-/m1/s1. The van der Waals surface area contributed by atoms with E-state index in [0.717, 1.165) is 0 Å². The summed E-state index contributed by atoms with van der Waals surface area (Å²) in [7, 11) is 0. The van der Waals surface area contributed by atoms with Crippen LogP contribution in [0.3, 0.4) is 0 Å². The molecule has 1 N–H and O–H groups in total. The Morgan fingerprint density at radius 2 is 2.26 bits per heavy atom. The van der Waals surface area contributed by atoms with E-state index in [1.54, 1.807) is 24.0 Å². The molecule has 0 aromatic heterocycles. The fourth-order valence-corrected chi connectivity index (χ4v) is 2.36. The fraction of sp³-hybridized carbons (Fsp3) is 0.462. The van der Waals surface area contributed by atoms with Crippen LogP contribution >= 0.6 is 0 Å². The first-order valence-corrected chi connectivity index (χ1v) is 6.27. The van der Waals surface area contributed by atoms with Gasteiger partial charge in [-0.2, -0.15) is 0 Å². The second kappa shape index (κ2) is 5.36. The molecule has 1 fully saturated rings. The van der Waals surface area contributed by atoms with Crippen LogP contribution in [0.15, 0.2) is 18.2 Å². The summed E-state index contributed by atoms with van der Waals surface area (Å²) in [6, 6.07) is 4.92. The summed E-state index contributed by atoms with van der Waals surface area (Å²) in [5.41, 5.74) is 0.739. The van der Waals surface area contributed by atoms with Crippen molar-refractivity contribution in [2.45, 2.75) is 19.9 Å². The SMILES string of the molecule is Cc1cccc([N+](=O)[O-])c1C(=O)N1CCN[C@H](C)C1. The number of carbonyl (C=O) groups is 1. The molecule has 1 heterocycles. The van der Waals surface area contributed by atoms with Gasteiger partial charge in [0.15, 0.2) is 0 Å².